The Hall–Kier alpha value is -1.58. The molecule has 1 amide bonds. The molecule has 1 saturated heterocycles. The van der Waals surface area contributed by atoms with Gasteiger partial charge in [-0.05, 0) is 37.0 Å². The number of nitrogens with zero attached hydrogens (tertiary/aromatic N) is 2. The fourth-order valence-electron chi connectivity index (χ4n) is 2.65. The van der Waals surface area contributed by atoms with Gasteiger partial charge in [0, 0.05) is 17.1 Å². The fourth-order valence-corrected chi connectivity index (χ4v) is 5.28. The minimum absolute atomic E-state index is 0.0212. The van der Waals surface area contributed by atoms with E-state index in [9.17, 15) is 13.2 Å². The van der Waals surface area contributed by atoms with Crippen molar-refractivity contribution in [3.8, 4) is 0 Å². The fraction of sp³-hybridized carbons (Fsp3) is 0.438. The molecule has 1 aliphatic rings. The molecule has 0 spiro atoms. The number of anilines is 1. The van der Waals surface area contributed by atoms with E-state index in [-0.39, 0.29) is 34.3 Å². The van der Waals surface area contributed by atoms with Crippen LogP contribution in [0.3, 0.4) is 0 Å². The predicted molar refractivity (Wildman–Crippen MR) is 100 cm³/mol. The van der Waals surface area contributed by atoms with Gasteiger partial charge in [0.2, 0.25) is 11.8 Å². The summed E-state index contributed by atoms with van der Waals surface area (Å²) in [6.45, 7) is 1.89. The molecule has 1 aliphatic heterocycles. The number of carbonyl (C=O) groups excluding carboxylic acids is 1. The maximum absolute atomic E-state index is 12.0. The minimum atomic E-state index is -2.92. The first-order valence-electron chi connectivity index (χ1n) is 8.02. The van der Waals surface area contributed by atoms with Crippen molar-refractivity contribution in [2.45, 2.75) is 25.0 Å². The maximum atomic E-state index is 12.0. The van der Waals surface area contributed by atoms with Gasteiger partial charge in [0.25, 0.3) is 5.22 Å². The molecule has 0 bridgehead atoms. The number of hydrogen-bond donors (Lipinski definition) is 1. The number of aromatic nitrogens is 2. The highest BCUT2D eigenvalue weighted by Gasteiger charge is 2.29. The number of carbonyl (C=O) groups is 1. The first-order chi connectivity index (χ1) is 12.3. The number of halogens is 1. The van der Waals surface area contributed by atoms with Gasteiger partial charge in [-0.3, -0.25) is 4.79 Å². The molecule has 1 aromatic heterocycles. The zero-order chi connectivity index (χ0) is 18.7. The Kier molecular flexibility index (Phi) is 5.89. The summed E-state index contributed by atoms with van der Waals surface area (Å²) in [5, 5.41) is 11.5. The van der Waals surface area contributed by atoms with E-state index < -0.39 is 9.84 Å². The molecule has 2 heterocycles. The summed E-state index contributed by atoms with van der Waals surface area (Å²) in [7, 11) is -2.92. The highest BCUT2D eigenvalue weighted by Crippen LogP contribution is 2.24. The number of hydrogen-bond acceptors (Lipinski definition) is 7. The molecule has 26 heavy (non-hydrogen) atoms. The van der Waals surface area contributed by atoms with E-state index in [4.69, 9.17) is 16.0 Å². The zero-order valence-corrected chi connectivity index (χ0v) is 16.5. The van der Waals surface area contributed by atoms with Gasteiger partial charge in [-0.25, -0.2) is 8.42 Å². The third-order valence-corrected chi connectivity index (χ3v) is 7.08. The standard InChI is InChI=1S/C16H18ClN3O4S2/c1-10-2-3-12(7-13(10)17)18-14(21)8-25-16-20-19-15(24-16)6-11-4-5-26(22,23)9-11/h2-3,7,11H,4-6,8-9H2,1H3,(H,18,21)/t11-/m1/s1. The molecule has 0 saturated carbocycles. The van der Waals surface area contributed by atoms with E-state index >= 15 is 0 Å². The van der Waals surface area contributed by atoms with Crippen molar-refractivity contribution in [3.05, 3.63) is 34.7 Å². The van der Waals surface area contributed by atoms with Crippen LogP contribution in [-0.4, -0.2) is 41.8 Å². The molecule has 0 unspecified atom stereocenters. The van der Waals surface area contributed by atoms with Crippen LogP contribution in [0.4, 0.5) is 5.69 Å². The Labute approximate surface area is 160 Å². The lowest BCUT2D eigenvalue weighted by molar-refractivity contribution is -0.113. The Bertz CT molecular complexity index is 914. The monoisotopic (exact) mass is 415 g/mol. The average molecular weight is 416 g/mol. The van der Waals surface area contributed by atoms with Crippen LogP contribution < -0.4 is 5.32 Å². The van der Waals surface area contributed by atoms with Crippen molar-refractivity contribution in [1.82, 2.24) is 10.2 Å². The van der Waals surface area contributed by atoms with Crippen LogP contribution in [-0.2, 0) is 21.1 Å². The summed E-state index contributed by atoms with van der Waals surface area (Å²) in [6, 6.07) is 5.31. The van der Waals surface area contributed by atoms with Gasteiger partial charge in [0.15, 0.2) is 9.84 Å². The predicted octanol–water partition coefficient (Wildman–Crippen LogP) is 2.74. The van der Waals surface area contributed by atoms with Crippen molar-refractivity contribution in [2.24, 2.45) is 5.92 Å². The normalized spacial score (nSPS) is 18.8. The SMILES string of the molecule is Cc1ccc(NC(=O)CSc2nnc(C[C@H]3CCS(=O)(=O)C3)o2)cc1Cl. The summed E-state index contributed by atoms with van der Waals surface area (Å²) < 4.78 is 28.5. The topological polar surface area (TPSA) is 102 Å². The van der Waals surface area contributed by atoms with Crippen molar-refractivity contribution in [1.29, 1.82) is 0 Å². The van der Waals surface area contributed by atoms with E-state index in [0.29, 0.717) is 29.4 Å². The molecule has 0 radical (unpaired) electrons. The van der Waals surface area contributed by atoms with Gasteiger partial charge >= 0.3 is 0 Å². The Morgan fingerprint density at radius 2 is 2.23 bits per heavy atom. The van der Waals surface area contributed by atoms with E-state index in [1.807, 2.05) is 13.0 Å². The highest BCUT2D eigenvalue weighted by atomic mass is 35.5. The molecule has 1 atom stereocenters. The van der Waals surface area contributed by atoms with Crippen LogP contribution >= 0.6 is 23.4 Å². The summed E-state index contributed by atoms with van der Waals surface area (Å²) >= 11 is 7.16. The molecule has 1 fully saturated rings. The second-order valence-electron chi connectivity index (χ2n) is 6.24. The van der Waals surface area contributed by atoms with Gasteiger partial charge in [0.05, 0.1) is 17.3 Å². The van der Waals surface area contributed by atoms with E-state index in [2.05, 4.69) is 15.5 Å². The molecule has 0 aliphatic carbocycles. The van der Waals surface area contributed by atoms with E-state index in [1.54, 1.807) is 12.1 Å². The molecule has 140 valence electrons. The summed E-state index contributed by atoms with van der Waals surface area (Å²) in [4.78, 5) is 12.0. The van der Waals surface area contributed by atoms with Gasteiger partial charge in [-0.2, -0.15) is 0 Å². The molecular formula is C16H18ClN3O4S2. The Morgan fingerprint density at radius 1 is 1.42 bits per heavy atom. The number of amides is 1. The second-order valence-corrected chi connectivity index (χ2v) is 9.80. The van der Waals surface area contributed by atoms with E-state index in [1.165, 1.54) is 0 Å². The van der Waals surface area contributed by atoms with Gasteiger partial charge < -0.3 is 9.73 Å². The third kappa shape index (κ3) is 5.21. The molecule has 7 nitrogen and oxygen atoms in total. The number of aryl methyl sites for hydroxylation is 1. The number of rotatable bonds is 6. The van der Waals surface area contributed by atoms with Gasteiger partial charge in [-0.15, -0.1) is 10.2 Å². The zero-order valence-electron chi connectivity index (χ0n) is 14.1. The molecule has 1 aromatic carbocycles. The van der Waals surface area contributed by atoms with Crippen molar-refractivity contribution < 1.29 is 17.6 Å². The maximum Gasteiger partial charge on any atom is 0.277 e. The smallest absolute Gasteiger partial charge is 0.277 e. The van der Waals surface area contributed by atoms with Crippen LogP contribution in [0.2, 0.25) is 5.02 Å². The van der Waals surface area contributed by atoms with Crippen molar-refractivity contribution in [3.63, 3.8) is 0 Å². The quantitative estimate of drug-likeness (QED) is 0.723. The lowest BCUT2D eigenvalue weighted by Crippen LogP contribution is -2.14. The van der Waals surface area contributed by atoms with Gasteiger partial charge in [0.1, 0.15) is 0 Å². The van der Waals surface area contributed by atoms with Crippen LogP contribution in [0.5, 0.6) is 0 Å². The van der Waals surface area contributed by atoms with Crippen LogP contribution in [0.15, 0.2) is 27.8 Å². The van der Waals surface area contributed by atoms with Crippen LogP contribution in [0, 0.1) is 12.8 Å². The second kappa shape index (κ2) is 7.98. The number of nitrogens with one attached hydrogen (secondary N) is 1. The van der Waals surface area contributed by atoms with Crippen LogP contribution in [0.1, 0.15) is 17.9 Å². The van der Waals surface area contributed by atoms with Crippen molar-refractivity contribution in [2.75, 3.05) is 22.6 Å². The first-order valence-corrected chi connectivity index (χ1v) is 11.2. The Morgan fingerprint density at radius 3 is 2.92 bits per heavy atom. The Balaban J connectivity index is 1.48. The number of sulfone groups is 1. The van der Waals surface area contributed by atoms with E-state index in [0.717, 1.165) is 17.3 Å². The average Bonchev–Trinajstić information content (AvgIpc) is 3.15. The third-order valence-electron chi connectivity index (χ3n) is 4.02. The minimum Gasteiger partial charge on any atom is -0.416 e. The summed E-state index contributed by atoms with van der Waals surface area (Å²) in [5.74, 6) is 0.714. The molecule has 3 rings (SSSR count). The molecular weight excluding hydrogens is 398 g/mol. The van der Waals surface area contributed by atoms with Crippen LogP contribution in [0.25, 0.3) is 0 Å². The first kappa shape index (κ1) is 19.2. The largest absolute Gasteiger partial charge is 0.416 e. The highest BCUT2D eigenvalue weighted by molar-refractivity contribution is 7.99. The number of thioether (sulfide) groups is 1. The van der Waals surface area contributed by atoms with Gasteiger partial charge in [-0.1, -0.05) is 29.4 Å². The summed E-state index contributed by atoms with van der Waals surface area (Å²) in [6.07, 6.45) is 1.07. The molecule has 10 heteroatoms. The summed E-state index contributed by atoms with van der Waals surface area (Å²) in [5.41, 5.74) is 1.56. The lowest BCUT2D eigenvalue weighted by atomic mass is 10.1. The molecule has 2 aromatic rings. The van der Waals surface area contributed by atoms with Crippen molar-refractivity contribution >= 4 is 44.8 Å². The number of benzene rings is 1. The lowest BCUT2D eigenvalue weighted by Gasteiger charge is -2.05. The molecule has 1 N–H and O–H groups in total.